The van der Waals surface area contributed by atoms with Crippen LogP contribution in [0.5, 0.6) is 11.5 Å². The first-order valence-corrected chi connectivity index (χ1v) is 24.7. The van der Waals surface area contributed by atoms with Gasteiger partial charge in [0.2, 0.25) is 5.78 Å². The maximum Gasteiger partial charge on any atom is 0.221 e. The van der Waals surface area contributed by atoms with Crippen molar-refractivity contribution in [1.82, 2.24) is 28.9 Å². The van der Waals surface area contributed by atoms with Gasteiger partial charge < -0.3 is 4.74 Å². The van der Waals surface area contributed by atoms with Crippen LogP contribution in [-0.2, 0) is 5.41 Å². The van der Waals surface area contributed by atoms with Crippen LogP contribution in [0.25, 0.3) is 65.7 Å². The van der Waals surface area contributed by atoms with Crippen molar-refractivity contribution in [3.05, 3.63) is 131 Å². The summed E-state index contributed by atoms with van der Waals surface area (Å²) in [4.78, 5) is 20.6. The average Bonchev–Trinajstić information content (AvgIpc) is 3.98. The Morgan fingerprint density at radius 3 is 2.20 bits per heavy atom. The van der Waals surface area contributed by atoms with E-state index >= 15 is 0 Å². The minimum atomic E-state index is -2.32. The summed E-state index contributed by atoms with van der Waals surface area (Å²) in [6.07, 6.45) is 8.23. The van der Waals surface area contributed by atoms with Crippen LogP contribution in [-0.4, -0.2) is 28.9 Å². The topological polar surface area (TPSA) is 70.1 Å². The Morgan fingerprint density at radius 2 is 1.50 bits per heavy atom. The molecular formula is C58H64N6OS. The number of fused-ring (bicyclic) bond motifs is 6. The van der Waals surface area contributed by atoms with E-state index in [2.05, 4.69) is 140 Å². The fourth-order valence-electron chi connectivity index (χ4n) is 10.1. The summed E-state index contributed by atoms with van der Waals surface area (Å²) >= 11 is 1.67. The van der Waals surface area contributed by atoms with Gasteiger partial charge in [0.05, 0.1) is 38.0 Å². The number of para-hydroxylation sites is 2. The number of nitrogens with zero attached hydrogens (tertiary/aromatic N) is 6. The molecule has 7 nitrogen and oxygen atoms in total. The third-order valence-corrected chi connectivity index (χ3v) is 15.1. The number of rotatable bonds is 9. The van der Waals surface area contributed by atoms with E-state index in [9.17, 15) is 0 Å². The lowest BCUT2D eigenvalue weighted by molar-refractivity contribution is 0.224. The standard InChI is InChI=1S/C58H64N6OS/c1-33(2)39-25-42(34(3)4)53(43(26-39)35(5)6)55-61-48-29-41(28-44(54(48)66-55)47-31-45(57(8,9)10)36(7)32-60-47)65-40-17-18-50-51(30-40)64(56-62-46-15-13-14-16-49(46)63(50)56)52-27-38(21-24-59-52)37-19-22-58(11,12)23-20-37/h13-18,21,24-35,37H,19-20,22-23H2,1-12H3/i7D3. The van der Waals surface area contributed by atoms with Gasteiger partial charge in [-0.2, -0.15) is 0 Å². The van der Waals surface area contributed by atoms with Crippen LogP contribution in [0.2, 0.25) is 0 Å². The highest BCUT2D eigenvalue weighted by atomic mass is 32.1. The minimum absolute atomic E-state index is 0.263. The first-order valence-electron chi connectivity index (χ1n) is 25.3. The van der Waals surface area contributed by atoms with Crippen molar-refractivity contribution in [2.45, 2.75) is 138 Å². The summed E-state index contributed by atoms with van der Waals surface area (Å²) in [6.45, 7) is 22.2. The van der Waals surface area contributed by atoms with Crippen LogP contribution in [0.1, 0.15) is 163 Å². The molecule has 10 rings (SSSR count). The predicted octanol–water partition coefficient (Wildman–Crippen LogP) is 16.6. The highest BCUT2D eigenvalue weighted by Crippen LogP contribution is 2.47. The predicted molar refractivity (Wildman–Crippen MR) is 276 cm³/mol. The molecule has 0 unspecified atom stereocenters. The van der Waals surface area contributed by atoms with Crippen LogP contribution in [0, 0.1) is 12.3 Å². The largest absolute Gasteiger partial charge is 0.457 e. The average molecular weight is 896 g/mol. The van der Waals surface area contributed by atoms with Crippen LogP contribution >= 0.6 is 11.3 Å². The molecule has 5 heterocycles. The number of ether oxygens (including phenoxy) is 1. The molecule has 0 atom stereocenters. The lowest BCUT2D eigenvalue weighted by Crippen LogP contribution is -2.20. The molecule has 1 saturated carbocycles. The lowest BCUT2D eigenvalue weighted by Gasteiger charge is -2.34. The molecule has 5 aromatic heterocycles. The molecule has 1 aliphatic carbocycles. The number of hydrogen-bond acceptors (Lipinski definition) is 6. The lowest BCUT2D eigenvalue weighted by atomic mass is 9.71. The SMILES string of the molecule is [2H]C([2H])([2H])c1cnc(-c2cc(Oc3ccc4c(c3)n(-c3cc(C5CCC(C)(C)CC5)ccn3)c3nc5ccccc5n43)cc3nc(-c4c(C(C)C)cc(C(C)C)cc4C(C)C)sc23)cc1C(C)(C)C. The maximum absolute atomic E-state index is 8.43. The van der Waals surface area contributed by atoms with Gasteiger partial charge in [-0.15, -0.1) is 11.3 Å². The molecule has 0 N–H and O–H groups in total. The van der Waals surface area contributed by atoms with Gasteiger partial charge in [-0.25, -0.2) is 15.0 Å². The van der Waals surface area contributed by atoms with E-state index in [0.29, 0.717) is 34.4 Å². The molecule has 0 amide bonds. The smallest absolute Gasteiger partial charge is 0.221 e. The van der Waals surface area contributed by atoms with Gasteiger partial charge in [0, 0.05) is 39.8 Å². The van der Waals surface area contributed by atoms with Crippen molar-refractivity contribution in [2.75, 3.05) is 0 Å². The molecule has 66 heavy (non-hydrogen) atoms. The van der Waals surface area contributed by atoms with Crippen LogP contribution < -0.4 is 4.74 Å². The van der Waals surface area contributed by atoms with E-state index < -0.39 is 12.3 Å². The summed E-state index contributed by atoms with van der Waals surface area (Å²) in [5.41, 5.74) is 13.5. The van der Waals surface area contributed by atoms with E-state index in [1.165, 1.54) is 40.7 Å². The minimum Gasteiger partial charge on any atom is -0.457 e. The summed E-state index contributed by atoms with van der Waals surface area (Å²) in [5, 5.41) is 0.947. The highest BCUT2D eigenvalue weighted by molar-refractivity contribution is 7.22. The summed E-state index contributed by atoms with van der Waals surface area (Å²) in [6, 6.07) is 29.7. The van der Waals surface area contributed by atoms with Crippen molar-refractivity contribution in [1.29, 1.82) is 0 Å². The van der Waals surface area contributed by atoms with Gasteiger partial charge in [0.15, 0.2) is 0 Å². The van der Waals surface area contributed by atoms with E-state index in [1.807, 2.05) is 36.5 Å². The second kappa shape index (κ2) is 16.5. The van der Waals surface area contributed by atoms with Crippen LogP contribution in [0.15, 0.2) is 97.3 Å². The molecular weight excluding hydrogens is 829 g/mol. The number of benzene rings is 4. The molecule has 0 saturated heterocycles. The second-order valence-electron chi connectivity index (χ2n) is 21.5. The van der Waals surface area contributed by atoms with E-state index in [0.717, 1.165) is 72.9 Å². The maximum atomic E-state index is 8.43. The molecule has 0 radical (unpaired) electrons. The Labute approximate surface area is 398 Å². The van der Waals surface area contributed by atoms with Crippen molar-refractivity contribution in [3.63, 3.8) is 0 Å². The van der Waals surface area contributed by atoms with Crippen molar-refractivity contribution in [3.8, 4) is 39.1 Å². The second-order valence-corrected chi connectivity index (χ2v) is 22.5. The Hall–Kier alpha value is -5.86. The van der Waals surface area contributed by atoms with Gasteiger partial charge in [-0.3, -0.25) is 14.0 Å². The molecule has 1 fully saturated rings. The highest BCUT2D eigenvalue weighted by Gasteiger charge is 2.29. The number of aryl methyl sites for hydroxylation is 1. The molecule has 9 aromatic rings. The molecule has 0 aliphatic heterocycles. The van der Waals surface area contributed by atoms with Gasteiger partial charge >= 0.3 is 0 Å². The van der Waals surface area contributed by atoms with Gasteiger partial charge in [0.25, 0.3) is 0 Å². The van der Waals surface area contributed by atoms with Crippen LogP contribution in [0.3, 0.4) is 0 Å². The van der Waals surface area contributed by atoms with Gasteiger partial charge in [-0.1, -0.05) is 100 Å². The number of hydrogen-bond donors (Lipinski definition) is 0. The molecule has 338 valence electrons. The summed E-state index contributed by atoms with van der Waals surface area (Å²) < 4.78 is 37.6. The Balaban J connectivity index is 1.16. The molecule has 8 heteroatoms. The monoisotopic (exact) mass is 896 g/mol. The molecule has 4 aromatic carbocycles. The van der Waals surface area contributed by atoms with Crippen molar-refractivity contribution < 1.29 is 8.85 Å². The van der Waals surface area contributed by atoms with Gasteiger partial charge in [0.1, 0.15) is 22.3 Å². The zero-order valence-corrected chi connectivity index (χ0v) is 41.2. The van der Waals surface area contributed by atoms with Crippen molar-refractivity contribution in [2.24, 2.45) is 5.41 Å². The first-order chi connectivity index (χ1) is 32.6. The molecule has 0 spiro atoms. The number of thiazole rings is 1. The fourth-order valence-corrected chi connectivity index (χ4v) is 11.3. The molecule has 1 aliphatic rings. The third kappa shape index (κ3) is 7.89. The van der Waals surface area contributed by atoms with Crippen molar-refractivity contribution >= 4 is 49.4 Å². The Kier molecular flexibility index (Phi) is 10.1. The molecule has 0 bridgehead atoms. The van der Waals surface area contributed by atoms with E-state index in [-0.39, 0.29) is 17.4 Å². The number of imidazole rings is 2. The Morgan fingerprint density at radius 1 is 0.758 bits per heavy atom. The Bertz CT molecular complexity index is 3400. The van der Waals surface area contributed by atoms with E-state index in [1.54, 1.807) is 17.5 Å². The van der Waals surface area contributed by atoms with E-state index in [4.69, 9.17) is 28.8 Å². The summed E-state index contributed by atoms with van der Waals surface area (Å²) in [7, 11) is 0. The zero-order valence-electron chi connectivity index (χ0n) is 43.4. The fraction of sp³-hybridized carbons (Fsp3) is 0.379. The quantitative estimate of drug-likeness (QED) is 0.144. The normalized spacial score (nSPS) is 15.8. The number of aromatic nitrogens is 6. The summed E-state index contributed by atoms with van der Waals surface area (Å²) in [5.74, 6) is 4.29. The zero-order chi connectivity index (χ0) is 48.9. The number of pyridine rings is 2. The van der Waals surface area contributed by atoms with Crippen LogP contribution in [0.4, 0.5) is 0 Å². The third-order valence-electron chi connectivity index (χ3n) is 14.0. The first kappa shape index (κ1) is 40.4. The van der Waals surface area contributed by atoms with Gasteiger partial charge in [-0.05, 0) is 149 Å².